The highest BCUT2D eigenvalue weighted by atomic mass is 32.1. The highest BCUT2D eigenvalue weighted by Crippen LogP contribution is 2.27. The van der Waals surface area contributed by atoms with E-state index in [2.05, 4.69) is 16.3 Å². The molecule has 0 radical (unpaired) electrons. The van der Waals surface area contributed by atoms with E-state index in [0.29, 0.717) is 12.3 Å². The molecule has 1 saturated heterocycles. The van der Waals surface area contributed by atoms with Gasteiger partial charge >= 0.3 is 0 Å². The van der Waals surface area contributed by atoms with E-state index in [0.717, 1.165) is 19.4 Å². The predicted octanol–water partition coefficient (Wildman–Crippen LogP) is 2.37. The Morgan fingerprint density at radius 3 is 3.05 bits per heavy atom. The molecule has 2 aromatic rings. The SMILES string of the molecule is C[C@@H]1CN(Cc2cc(=O)c(O)co2)C[C@@H](c2ccsc2)O1. The zero-order chi connectivity index (χ0) is 14.8. The van der Waals surface area contributed by atoms with Crippen LogP contribution in [0, 0.1) is 0 Å². The Labute approximate surface area is 126 Å². The van der Waals surface area contributed by atoms with Gasteiger partial charge in [-0.05, 0) is 29.3 Å². The summed E-state index contributed by atoms with van der Waals surface area (Å²) in [5.41, 5.74) is 0.774. The quantitative estimate of drug-likeness (QED) is 0.943. The third kappa shape index (κ3) is 3.34. The molecule has 0 spiro atoms. The number of rotatable bonds is 3. The van der Waals surface area contributed by atoms with E-state index >= 15 is 0 Å². The second kappa shape index (κ2) is 6.01. The van der Waals surface area contributed by atoms with Crippen molar-refractivity contribution in [3.63, 3.8) is 0 Å². The van der Waals surface area contributed by atoms with Crippen LogP contribution in [0.15, 0.2) is 38.4 Å². The van der Waals surface area contributed by atoms with E-state index in [-0.39, 0.29) is 18.0 Å². The first-order valence-electron chi connectivity index (χ1n) is 6.82. The molecule has 6 heteroatoms. The van der Waals surface area contributed by atoms with Crippen molar-refractivity contribution in [3.8, 4) is 5.75 Å². The van der Waals surface area contributed by atoms with Crippen molar-refractivity contribution in [1.82, 2.24) is 4.90 Å². The Morgan fingerprint density at radius 1 is 1.48 bits per heavy atom. The Hall–Kier alpha value is -1.63. The highest BCUT2D eigenvalue weighted by Gasteiger charge is 2.27. The number of hydrogen-bond donors (Lipinski definition) is 1. The summed E-state index contributed by atoms with van der Waals surface area (Å²) < 4.78 is 11.2. The van der Waals surface area contributed by atoms with Crippen molar-refractivity contribution in [1.29, 1.82) is 0 Å². The van der Waals surface area contributed by atoms with Crippen LogP contribution in [0.3, 0.4) is 0 Å². The average Bonchev–Trinajstić information content (AvgIpc) is 2.96. The number of hydrogen-bond acceptors (Lipinski definition) is 6. The van der Waals surface area contributed by atoms with Crippen molar-refractivity contribution in [2.45, 2.75) is 25.7 Å². The molecule has 1 aliphatic heterocycles. The molecule has 1 fully saturated rings. The minimum atomic E-state index is -0.410. The zero-order valence-corrected chi connectivity index (χ0v) is 12.5. The van der Waals surface area contributed by atoms with Gasteiger partial charge in [0.2, 0.25) is 5.43 Å². The number of thiophene rings is 1. The van der Waals surface area contributed by atoms with Gasteiger partial charge in [-0.2, -0.15) is 11.3 Å². The van der Waals surface area contributed by atoms with Crippen LogP contribution in [-0.2, 0) is 11.3 Å². The summed E-state index contributed by atoms with van der Waals surface area (Å²) in [7, 11) is 0. The average molecular weight is 307 g/mol. The molecule has 2 aromatic heterocycles. The van der Waals surface area contributed by atoms with Crippen LogP contribution in [0.25, 0.3) is 0 Å². The van der Waals surface area contributed by atoms with Crippen molar-refractivity contribution >= 4 is 11.3 Å². The van der Waals surface area contributed by atoms with Gasteiger partial charge in [-0.1, -0.05) is 0 Å². The van der Waals surface area contributed by atoms with E-state index in [9.17, 15) is 9.90 Å². The highest BCUT2D eigenvalue weighted by molar-refractivity contribution is 7.07. The molecule has 1 aliphatic rings. The third-order valence-electron chi connectivity index (χ3n) is 3.50. The van der Waals surface area contributed by atoms with Crippen LogP contribution in [0.4, 0.5) is 0 Å². The predicted molar refractivity (Wildman–Crippen MR) is 79.5 cm³/mol. The van der Waals surface area contributed by atoms with Crippen LogP contribution >= 0.6 is 11.3 Å². The first-order valence-corrected chi connectivity index (χ1v) is 7.76. The topological polar surface area (TPSA) is 62.9 Å². The van der Waals surface area contributed by atoms with Gasteiger partial charge in [0, 0.05) is 19.2 Å². The second-order valence-electron chi connectivity index (χ2n) is 5.28. The number of ether oxygens (including phenoxy) is 1. The number of aromatic hydroxyl groups is 1. The summed E-state index contributed by atoms with van der Waals surface area (Å²) in [5, 5.41) is 13.4. The molecule has 5 nitrogen and oxygen atoms in total. The maximum absolute atomic E-state index is 11.4. The molecule has 0 saturated carbocycles. The fourth-order valence-corrected chi connectivity index (χ4v) is 3.26. The van der Waals surface area contributed by atoms with Gasteiger partial charge in [0.1, 0.15) is 12.0 Å². The Kier molecular flexibility index (Phi) is 4.10. The van der Waals surface area contributed by atoms with E-state index in [1.54, 1.807) is 11.3 Å². The Balaban J connectivity index is 1.72. The number of morpholine rings is 1. The molecule has 0 aromatic carbocycles. The van der Waals surface area contributed by atoms with Gasteiger partial charge in [0.25, 0.3) is 0 Å². The minimum absolute atomic E-state index is 0.0452. The van der Waals surface area contributed by atoms with Crippen LogP contribution in [0.2, 0.25) is 0 Å². The van der Waals surface area contributed by atoms with Gasteiger partial charge in [0.15, 0.2) is 5.75 Å². The molecule has 2 atom stereocenters. The van der Waals surface area contributed by atoms with Crippen LogP contribution in [0.5, 0.6) is 5.75 Å². The maximum Gasteiger partial charge on any atom is 0.226 e. The molecule has 21 heavy (non-hydrogen) atoms. The fraction of sp³-hybridized carbons (Fsp3) is 0.400. The third-order valence-corrected chi connectivity index (χ3v) is 4.20. The van der Waals surface area contributed by atoms with Gasteiger partial charge in [-0.3, -0.25) is 9.69 Å². The smallest absolute Gasteiger partial charge is 0.226 e. The molecule has 0 aliphatic carbocycles. The van der Waals surface area contributed by atoms with Gasteiger partial charge < -0.3 is 14.3 Å². The monoisotopic (exact) mass is 307 g/mol. The summed E-state index contributed by atoms with van der Waals surface area (Å²) in [4.78, 5) is 13.6. The van der Waals surface area contributed by atoms with E-state index < -0.39 is 5.43 Å². The van der Waals surface area contributed by atoms with Crippen molar-refractivity contribution in [2.24, 2.45) is 0 Å². The molecular weight excluding hydrogens is 290 g/mol. The van der Waals surface area contributed by atoms with E-state index in [1.807, 2.05) is 12.3 Å². The minimum Gasteiger partial charge on any atom is -0.502 e. The van der Waals surface area contributed by atoms with Crippen LogP contribution in [-0.4, -0.2) is 29.2 Å². The lowest BCUT2D eigenvalue weighted by molar-refractivity contribution is -0.0826. The second-order valence-corrected chi connectivity index (χ2v) is 6.06. The van der Waals surface area contributed by atoms with Gasteiger partial charge in [0.05, 0.1) is 18.8 Å². The van der Waals surface area contributed by atoms with Crippen molar-refractivity contribution < 1.29 is 14.3 Å². The molecule has 0 bridgehead atoms. The Bertz CT molecular complexity index is 652. The normalized spacial score (nSPS) is 23.3. The first-order chi connectivity index (χ1) is 10.1. The lowest BCUT2D eigenvalue weighted by Gasteiger charge is -2.36. The largest absolute Gasteiger partial charge is 0.502 e. The number of nitrogens with zero attached hydrogens (tertiary/aromatic N) is 1. The maximum atomic E-state index is 11.4. The van der Waals surface area contributed by atoms with Crippen LogP contribution in [0.1, 0.15) is 24.4 Å². The summed E-state index contributed by atoms with van der Waals surface area (Å²) in [6.07, 6.45) is 1.26. The molecule has 3 rings (SSSR count). The van der Waals surface area contributed by atoms with E-state index in [4.69, 9.17) is 9.15 Å². The summed E-state index contributed by atoms with van der Waals surface area (Å²) >= 11 is 1.66. The lowest BCUT2D eigenvalue weighted by atomic mass is 10.1. The molecule has 112 valence electrons. The van der Waals surface area contributed by atoms with Crippen molar-refractivity contribution in [2.75, 3.05) is 13.1 Å². The van der Waals surface area contributed by atoms with Gasteiger partial charge in [-0.15, -0.1) is 0 Å². The standard InChI is InChI=1S/C15H17NO4S/c1-10-5-16(6-12-4-13(17)14(18)8-19-12)7-15(20-10)11-2-3-21-9-11/h2-4,8-10,15,18H,5-7H2,1H3/t10-,15+/m1/s1. The summed E-state index contributed by atoms with van der Waals surface area (Å²) in [5.74, 6) is 0.196. The van der Waals surface area contributed by atoms with Gasteiger partial charge in [-0.25, -0.2) is 0 Å². The molecule has 1 N–H and O–H groups in total. The fourth-order valence-electron chi connectivity index (χ4n) is 2.56. The Morgan fingerprint density at radius 2 is 2.33 bits per heavy atom. The molecular formula is C15H17NO4S. The van der Waals surface area contributed by atoms with Crippen molar-refractivity contribution in [3.05, 3.63) is 50.7 Å². The summed E-state index contributed by atoms with van der Waals surface area (Å²) in [6.45, 7) is 4.11. The first kappa shape index (κ1) is 14.3. The summed E-state index contributed by atoms with van der Waals surface area (Å²) in [6, 6.07) is 3.42. The lowest BCUT2D eigenvalue weighted by Crippen LogP contribution is -2.42. The van der Waals surface area contributed by atoms with Crippen LogP contribution < -0.4 is 5.43 Å². The molecule has 0 amide bonds. The molecule has 0 unspecified atom stereocenters. The zero-order valence-electron chi connectivity index (χ0n) is 11.7. The van der Waals surface area contributed by atoms with E-state index in [1.165, 1.54) is 11.6 Å². The molecule has 3 heterocycles.